The molecule has 11 heteroatoms. The molecule has 4 aromatic heterocycles. The van der Waals surface area contributed by atoms with Crippen LogP contribution in [0.1, 0.15) is 40.1 Å². The predicted molar refractivity (Wildman–Crippen MR) is 150 cm³/mol. The third-order valence-electron chi connectivity index (χ3n) is 6.40. The molecular weight excluding hydrogens is 538 g/mol. The molecule has 0 aliphatic heterocycles. The van der Waals surface area contributed by atoms with Crippen LogP contribution in [0, 0.1) is 25.2 Å². The van der Waals surface area contributed by atoms with Crippen molar-refractivity contribution in [3.8, 4) is 22.9 Å². The van der Waals surface area contributed by atoms with Gasteiger partial charge in [0, 0.05) is 27.2 Å². The van der Waals surface area contributed by atoms with Gasteiger partial charge in [-0.1, -0.05) is 18.5 Å². The highest BCUT2D eigenvalue weighted by molar-refractivity contribution is 7.18. The Balaban J connectivity index is 1.52. The number of carbonyl (C=O) groups is 1. The Labute approximate surface area is 231 Å². The molecule has 0 spiro atoms. The summed E-state index contributed by atoms with van der Waals surface area (Å²) in [7, 11) is 0. The number of pyridine rings is 2. The number of fused-ring (bicyclic) bond motifs is 2. The van der Waals surface area contributed by atoms with Crippen LogP contribution in [0.15, 0.2) is 40.6 Å². The van der Waals surface area contributed by atoms with Crippen LogP contribution in [0.2, 0.25) is 5.02 Å². The van der Waals surface area contributed by atoms with Crippen molar-refractivity contribution in [3.63, 3.8) is 0 Å². The van der Waals surface area contributed by atoms with Crippen LogP contribution in [-0.4, -0.2) is 37.2 Å². The molecule has 1 N–H and O–H groups in total. The lowest BCUT2D eigenvalue weighted by molar-refractivity contribution is 0.0699. The minimum Gasteiger partial charge on any atom is -0.491 e. The van der Waals surface area contributed by atoms with E-state index in [1.807, 2.05) is 13.0 Å². The van der Waals surface area contributed by atoms with Gasteiger partial charge in [0.25, 0.3) is 5.56 Å². The van der Waals surface area contributed by atoms with Crippen molar-refractivity contribution in [1.29, 1.82) is 5.26 Å². The average molecular weight is 560 g/mol. The van der Waals surface area contributed by atoms with Gasteiger partial charge in [0.15, 0.2) is 0 Å². The molecule has 0 amide bonds. The van der Waals surface area contributed by atoms with Gasteiger partial charge in [-0.05, 0) is 44.5 Å². The molecule has 5 rings (SSSR count). The zero-order valence-corrected chi connectivity index (χ0v) is 22.9. The lowest BCUT2D eigenvalue weighted by Gasteiger charge is -2.16. The molecule has 0 aliphatic carbocycles. The van der Waals surface area contributed by atoms with E-state index in [-0.39, 0.29) is 35.2 Å². The number of aromatic nitrogens is 4. The van der Waals surface area contributed by atoms with Crippen LogP contribution in [0.4, 0.5) is 0 Å². The van der Waals surface area contributed by atoms with Crippen LogP contribution in [0.25, 0.3) is 32.2 Å². The number of carboxylic acid groups (broad SMARTS) is 1. The van der Waals surface area contributed by atoms with E-state index in [1.165, 1.54) is 22.1 Å². The van der Waals surface area contributed by atoms with Crippen molar-refractivity contribution in [1.82, 2.24) is 19.5 Å². The summed E-state index contributed by atoms with van der Waals surface area (Å²) in [4.78, 5) is 38.4. The fraction of sp³-hybridized carbons (Fsp3) is 0.214. The third-order valence-corrected chi connectivity index (χ3v) is 7.64. The summed E-state index contributed by atoms with van der Waals surface area (Å²) in [5.41, 5.74) is 3.51. The maximum absolute atomic E-state index is 13.4. The van der Waals surface area contributed by atoms with Crippen molar-refractivity contribution in [3.05, 3.63) is 79.6 Å². The van der Waals surface area contributed by atoms with Gasteiger partial charge < -0.3 is 9.84 Å². The quantitative estimate of drug-likeness (QED) is 0.274. The van der Waals surface area contributed by atoms with Gasteiger partial charge in [-0.3, -0.25) is 19.3 Å². The molecule has 5 aromatic rings. The highest BCUT2D eigenvalue weighted by Gasteiger charge is 2.20. The summed E-state index contributed by atoms with van der Waals surface area (Å²) in [6, 6.07) is 9.20. The number of halogens is 1. The first kappa shape index (κ1) is 26.3. The zero-order valence-electron chi connectivity index (χ0n) is 21.3. The summed E-state index contributed by atoms with van der Waals surface area (Å²) < 4.78 is 8.36. The first-order chi connectivity index (χ1) is 18.7. The topological polar surface area (TPSA) is 131 Å². The van der Waals surface area contributed by atoms with E-state index in [9.17, 15) is 20.0 Å². The number of benzene rings is 1. The van der Waals surface area contributed by atoms with Crippen LogP contribution < -0.4 is 10.3 Å². The molecule has 0 unspecified atom stereocenters. The lowest BCUT2D eigenvalue weighted by Crippen LogP contribution is -2.27. The lowest BCUT2D eigenvalue weighted by atomic mass is 10.0. The van der Waals surface area contributed by atoms with Gasteiger partial charge in [-0.25, -0.2) is 9.78 Å². The standard InChI is InChI=1S/C28H22ClN5O4S/c1-4-21-19(11-30)24-22(12-31-21)33-15(3)34(27(24)35)7-8-38-23-6-5-16(29)10-17(23)18-9-14(2)32-25-20(28(36)37)13-39-26(18)25/h5-6,9-10,12-13H,4,7-8H2,1-3H3,(H,36,37). The molecule has 0 atom stereocenters. The number of thiophene rings is 1. The van der Waals surface area contributed by atoms with E-state index < -0.39 is 5.97 Å². The number of aryl methyl sites for hydroxylation is 3. The van der Waals surface area contributed by atoms with Gasteiger partial charge in [-0.2, -0.15) is 5.26 Å². The summed E-state index contributed by atoms with van der Waals surface area (Å²) in [6.45, 7) is 5.73. The number of hydrogen-bond donors (Lipinski definition) is 1. The van der Waals surface area contributed by atoms with Gasteiger partial charge >= 0.3 is 5.97 Å². The monoisotopic (exact) mass is 559 g/mol. The van der Waals surface area contributed by atoms with E-state index >= 15 is 0 Å². The summed E-state index contributed by atoms with van der Waals surface area (Å²) in [6.07, 6.45) is 2.05. The summed E-state index contributed by atoms with van der Waals surface area (Å²) in [5.74, 6) is -0.0427. The Kier molecular flexibility index (Phi) is 7.04. The molecule has 196 valence electrons. The van der Waals surface area contributed by atoms with Crippen LogP contribution >= 0.6 is 22.9 Å². The maximum atomic E-state index is 13.4. The first-order valence-corrected chi connectivity index (χ1v) is 13.3. The highest BCUT2D eigenvalue weighted by Crippen LogP contribution is 2.40. The second-order valence-corrected chi connectivity index (χ2v) is 10.2. The van der Waals surface area contributed by atoms with Crippen molar-refractivity contribution < 1.29 is 14.6 Å². The smallest absolute Gasteiger partial charge is 0.338 e. The van der Waals surface area contributed by atoms with Gasteiger partial charge in [0.2, 0.25) is 0 Å². The Bertz CT molecular complexity index is 1890. The average Bonchev–Trinajstić information content (AvgIpc) is 3.34. The fourth-order valence-electron chi connectivity index (χ4n) is 4.58. The highest BCUT2D eigenvalue weighted by atomic mass is 35.5. The number of hydrogen-bond acceptors (Lipinski definition) is 8. The molecule has 0 aliphatic rings. The number of nitrogens with zero attached hydrogens (tertiary/aromatic N) is 5. The normalized spacial score (nSPS) is 11.2. The number of ether oxygens (including phenoxy) is 1. The Hall–Kier alpha value is -4.33. The van der Waals surface area contributed by atoms with Crippen LogP contribution in [-0.2, 0) is 13.0 Å². The number of nitriles is 1. The molecule has 39 heavy (non-hydrogen) atoms. The zero-order chi connectivity index (χ0) is 27.8. The number of carboxylic acids is 1. The summed E-state index contributed by atoms with van der Waals surface area (Å²) in [5, 5.41) is 21.6. The molecule has 0 fully saturated rings. The first-order valence-electron chi connectivity index (χ1n) is 12.1. The van der Waals surface area contributed by atoms with Crippen LogP contribution in [0.5, 0.6) is 5.75 Å². The van der Waals surface area contributed by atoms with Crippen molar-refractivity contribution in [2.75, 3.05) is 6.61 Å². The minimum absolute atomic E-state index is 0.133. The van der Waals surface area contributed by atoms with E-state index in [1.54, 1.807) is 37.4 Å². The molecule has 1 aromatic carbocycles. The molecular formula is C28H22ClN5O4S. The number of aromatic carboxylic acids is 1. The third kappa shape index (κ3) is 4.71. The van der Waals surface area contributed by atoms with E-state index in [2.05, 4.69) is 21.0 Å². The largest absolute Gasteiger partial charge is 0.491 e. The molecule has 9 nitrogen and oxygen atoms in total. The fourth-order valence-corrected chi connectivity index (χ4v) is 5.77. The minimum atomic E-state index is -1.04. The Morgan fingerprint density at radius 1 is 1.23 bits per heavy atom. The Morgan fingerprint density at radius 3 is 2.74 bits per heavy atom. The second-order valence-electron chi connectivity index (χ2n) is 8.85. The molecule has 0 saturated heterocycles. The molecule has 0 bridgehead atoms. The van der Waals surface area contributed by atoms with Crippen molar-refractivity contribution in [2.24, 2.45) is 0 Å². The Morgan fingerprint density at radius 2 is 2.03 bits per heavy atom. The predicted octanol–water partition coefficient (Wildman–Crippen LogP) is 5.55. The van der Waals surface area contributed by atoms with Gasteiger partial charge in [0.05, 0.1) is 50.7 Å². The van der Waals surface area contributed by atoms with Crippen molar-refractivity contribution in [2.45, 2.75) is 33.7 Å². The van der Waals surface area contributed by atoms with Crippen LogP contribution in [0.3, 0.4) is 0 Å². The van der Waals surface area contributed by atoms with E-state index in [4.69, 9.17) is 16.3 Å². The van der Waals surface area contributed by atoms with Gasteiger partial charge in [-0.15, -0.1) is 11.3 Å². The van der Waals surface area contributed by atoms with E-state index in [0.717, 1.165) is 5.56 Å². The van der Waals surface area contributed by atoms with Crippen molar-refractivity contribution >= 4 is 50.0 Å². The molecule has 0 saturated carbocycles. The second kappa shape index (κ2) is 10.4. The maximum Gasteiger partial charge on any atom is 0.338 e. The molecule has 0 radical (unpaired) electrons. The SMILES string of the molecule is CCc1ncc2nc(C)n(CCOc3ccc(Cl)cc3-c3cc(C)nc4c(C(=O)O)csc34)c(=O)c2c1C#N. The van der Waals surface area contributed by atoms with Gasteiger partial charge in [0.1, 0.15) is 24.3 Å². The summed E-state index contributed by atoms with van der Waals surface area (Å²) >= 11 is 7.64. The van der Waals surface area contributed by atoms with E-state index in [0.29, 0.717) is 55.7 Å². The number of rotatable bonds is 7. The molecule has 4 heterocycles.